The molecule has 2 atom stereocenters. The second kappa shape index (κ2) is 6.28. The number of hydrogen-bond donors (Lipinski definition) is 0. The Morgan fingerprint density at radius 1 is 1.47 bits per heavy atom. The summed E-state index contributed by atoms with van der Waals surface area (Å²) in [5.74, 6) is 0.218. The summed E-state index contributed by atoms with van der Waals surface area (Å²) < 4.78 is 25.6. The molecule has 0 spiro atoms. The van der Waals surface area contributed by atoms with E-state index in [1.807, 2.05) is 13.8 Å². The Morgan fingerprint density at radius 3 is 2.71 bits per heavy atom. The second-order valence-corrected chi connectivity index (χ2v) is 6.57. The van der Waals surface area contributed by atoms with Crippen LogP contribution >= 0.6 is 0 Å². The van der Waals surface area contributed by atoms with E-state index in [2.05, 4.69) is 4.99 Å². The minimum atomic E-state index is -3.14. The van der Waals surface area contributed by atoms with Gasteiger partial charge in [0, 0.05) is 12.6 Å². The number of piperidine rings is 1. The van der Waals surface area contributed by atoms with E-state index in [1.54, 1.807) is 10.4 Å². The van der Waals surface area contributed by atoms with Gasteiger partial charge in [0.1, 0.15) is 0 Å². The predicted molar refractivity (Wildman–Crippen MR) is 66.0 cm³/mol. The average Bonchev–Trinajstić information content (AvgIpc) is 2.26. The lowest BCUT2D eigenvalue weighted by Gasteiger charge is -2.34. The first kappa shape index (κ1) is 14.4. The van der Waals surface area contributed by atoms with Crippen molar-refractivity contribution in [2.24, 2.45) is 4.99 Å². The van der Waals surface area contributed by atoms with Gasteiger partial charge in [0.2, 0.25) is 16.1 Å². The quantitative estimate of drug-likeness (QED) is 0.553. The molecule has 0 aliphatic carbocycles. The van der Waals surface area contributed by atoms with Gasteiger partial charge in [-0.1, -0.05) is 13.3 Å². The molecule has 6 heteroatoms. The van der Waals surface area contributed by atoms with Gasteiger partial charge in [-0.05, 0) is 26.2 Å². The van der Waals surface area contributed by atoms with Crippen LogP contribution in [0.2, 0.25) is 0 Å². The van der Waals surface area contributed by atoms with Crippen molar-refractivity contribution in [3.05, 3.63) is 0 Å². The van der Waals surface area contributed by atoms with Crippen LogP contribution in [0.4, 0.5) is 0 Å². The predicted octanol–water partition coefficient (Wildman–Crippen LogP) is 1.31. The fraction of sp³-hybridized carbons (Fsp3) is 0.909. The van der Waals surface area contributed by atoms with Gasteiger partial charge in [-0.25, -0.2) is 18.2 Å². The monoisotopic (exact) mass is 260 g/mol. The summed E-state index contributed by atoms with van der Waals surface area (Å²) in [7, 11) is -3.14. The molecule has 0 N–H and O–H groups in total. The number of aliphatic imine (C=N–C) groups is 1. The van der Waals surface area contributed by atoms with E-state index in [0.29, 0.717) is 25.8 Å². The van der Waals surface area contributed by atoms with E-state index >= 15 is 0 Å². The van der Waals surface area contributed by atoms with E-state index in [1.165, 1.54) is 0 Å². The molecular weight excluding hydrogens is 240 g/mol. The van der Waals surface area contributed by atoms with E-state index in [-0.39, 0.29) is 17.8 Å². The molecule has 0 aromatic rings. The van der Waals surface area contributed by atoms with Crippen LogP contribution in [0.15, 0.2) is 4.99 Å². The van der Waals surface area contributed by atoms with E-state index in [9.17, 15) is 13.2 Å². The van der Waals surface area contributed by atoms with Crippen molar-refractivity contribution in [3.8, 4) is 0 Å². The summed E-state index contributed by atoms with van der Waals surface area (Å²) in [4.78, 5) is 13.9. The summed E-state index contributed by atoms with van der Waals surface area (Å²) in [5, 5.41) is 0. The topological polar surface area (TPSA) is 66.8 Å². The molecule has 1 fully saturated rings. The first-order valence-electron chi connectivity index (χ1n) is 6.07. The average molecular weight is 260 g/mol. The number of sulfonamides is 1. The van der Waals surface area contributed by atoms with Crippen LogP contribution in [0.25, 0.3) is 0 Å². The molecule has 2 unspecified atom stereocenters. The Morgan fingerprint density at radius 2 is 2.18 bits per heavy atom. The van der Waals surface area contributed by atoms with Crippen molar-refractivity contribution >= 4 is 16.1 Å². The molecule has 0 bridgehead atoms. The molecule has 1 heterocycles. The Balaban J connectivity index is 2.65. The van der Waals surface area contributed by atoms with Crippen molar-refractivity contribution in [1.29, 1.82) is 0 Å². The van der Waals surface area contributed by atoms with Gasteiger partial charge in [-0.2, -0.15) is 4.31 Å². The highest BCUT2D eigenvalue weighted by atomic mass is 32.2. The normalized spacial score (nSPS) is 26.5. The molecule has 1 rings (SSSR count). The third-order valence-electron chi connectivity index (χ3n) is 3.14. The van der Waals surface area contributed by atoms with Crippen molar-refractivity contribution in [2.75, 3.05) is 12.3 Å². The SMILES string of the molecule is CCCCS(=O)(=O)N1CCC(N=C=O)CC1C. The fourth-order valence-corrected chi connectivity index (χ4v) is 4.08. The number of unbranched alkanes of at least 4 members (excludes halogenated alkanes) is 1. The molecule has 1 aliphatic rings. The first-order chi connectivity index (χ1) is 8.01. The fourth-order valence-electron chi connectivity index (χ4n) is 2.17. The lowest BCUT2D eigenvalue weighted by Crippen LogP contribution is -2.46. The van der Waals surface area contributed by atoms with Crippen LogP contribution < -0.4 is 0 Å². The lowest BCUT2D eigenvalue weighted by atomic mass is 10.0. The molecule has 0 aromatic carbocycles. The van der Waals surface area contributed by atoms with E-state index in [4.69, 9.17) is 0 Å². The number of nitrogens with zero attached hydrogens (tertiary/aromatic N) is 2. The molecule has 1 aliphatic heterocycles. The maximum absolute atomic E-state index is 12.0. The summed E-state index contributed by atoms with van der Waals surface area (Å²) in [5.41, 5.74) is 0. The Bertz CT molecular complexity index is 388. The van der Waals surface area contributed by atoms with Crippen LogP contribution in [0.5, 0.6) is 0 Å². The Kier molecular flexibility index (Phi) is 5.31. The van der Waals surface area contributed by atoms with Crippen molar-refractivity contribution in [3.63, 3.8) is 0 Å². The summed E-state index contributed by atoms with van der Waals surface area (Å²) in [6.45, 7) is 4.31. The zero-order chi connectivity index (χ0) is 12.9. The van der Waals surface area contributed by atoms with Gasteiger partial charge in [-0.15, -0.1) is 0 Å². The second-order valence-electron chi connectivity index (χ2n) is 4.53. The van der Waals surface area contributed by atoms with Gasteiger partial charge < -0.3 is 0 Å². The Labute approximate surface area is 103 Å². The molecule has 98 valence electrons. The standard InChI is InChI=1S/C11H20N2O3S/c1-3-4-7-17(15,16)13-6-5-11(12-9-14)8-10(13)2/h10-11H,3-8H2,1-2H3. The molecule has 1 saturated heterocycles. The number of hydrogen-bond acceptors (Lipinski definition) is 4. The van der Waals surface area contributed by atoms with Crippen LogP contribution in [-0.4, -0.2) is 43.2 Å². The lowest BCUT2D eigenvalue weighted by molar-refractivity contribution is 0.248. The minimum absolute atomic E-state index is 0.0693. The Hall–Kier alpha value is -0.710. The third-order valence-corrected chi connectivity index (χ3v) is 5.20. The highest BCUT2D eigenvalue weighted by molar-refractivity contribution is 7.89. The van der Waals surface area contributed by atoms with Gasteiger partial charge in [-0.3, -0.25) is 0 Å². The highest BCUT2D eigenvalue weighted by Gasteiger charge is 2.32. The van der Waals surface area contributed by atoms with Gasteiger partial charge >= 0.3 is 0 Å². The van der Waals surface area contributed by atoms with Gasteiger partial charge in [0.05, 0.1) is 11.8 Å². The van der Waals surface area contributed by atoms with E-state index < -0.39 is 10.0 Å². The van der Waals surface area contributed by atoms with Crippen molar-refractivity contribution in [1.82, 2.24) is 4.31 Å². The van der Waals surface area contributed by atoms with Crippen LogP contribution in [0.1, 0.15) is 39.5 Å². The first-order valence-corrected chi connectivity index (χ1v) is 7.68. The minimum Gasteiger partial charge on any atom is -0.212 e. The maximum atomic E-state index is 12.0. The summed E-state index contributed by atoms with van der Waals surface area (Å²) >= 11 is 0. The summed E-state index contributed by atoms with van der Waals surface area (Å²) in [6.07, 6.45) is 4.35. The number of rotatable bonds is 5. The van der Waals surface area contributed by atoms with Crippen molar-refractivity contribution in [2.45, 2.75) is 51.6 Å². The zero-order valence-electron chi connectivity index (χ0n) is 10.4. The molecule has 5 nitrogen and oxygen atoms in total. The number of isocyanates is 1. The molecule has 0 amide bonds. The summed E-state index contributed by atoms with van der Waals surface area (Å²) in [6, 6.07) is -0.146. The molecular formula is C11H20N2O3S. The smallest absolute Gasteiger partial charge is 0.212 e. The van der Waals surface area contributed by atoms with Crippen molar-refractivity contribution < 1.29 is 13.2 Å². The maximum Gasteiger partial charge on any atom is 0.235 e. The molecule has 0 saturated carbocycles. The zero-order valence-corrected chi connectivity index (χ0v) is 11.2. The van der Waals surface area contributed by atoms with Gasteiger partial charge in [0.15, 0.2) is 0 Å². The van der Waals surface area contributed by atoms with Crippen LogP contribution in [0, 0.1) is 0 Å². The molecule has 17 heavy (non-hydrogen) atoms. The molecule has 0 radical (unpaired) electrons. The molecule has 0 aromatic heterocycles. The van der Waals surface area contributed by atoms with E-state index in [0.717, 1.165) is 6.42 Å². The largest absolute Gasteiger partial charge is 0.235 e. The van der Waals surface area contributed by atoms with Crippen LogP contribution in [0.3, 0.4) is 0 Å². The van der Waals surface area contributed by atoms with Gasteiger partial charge in [0.25, 0.3) is 0 Å². The highest BCUT2D eigenvalue weighted by Crippen LogP contribution is 2.23. The third kappa shape index (κ3) is 3.91. The number of carbonyl (C=O) groups excluding carboxylic acids is 1. The van der Waals surface area contributed by atoms with Crippen LogP contribution in [-0.2, 0) is 14.8 Å².